The second kappa shape index (κ2) is 6.63. The molecule has 0 aliphatic rings. The van der Waals surface area contributed by atoms with Crippen molar-refractivity contribution in [3.63, 3.8) is 0 Å². The molecule has 0 unspecified atom stereocenters. The average molecular weight is 383 g/mol. The number of hydrogen-bond acceptors (Lipinski definition) is 3. The molecule has 0 radical (unpaired) electrons. The third kappa shape index (κ3) is 3.02. The Labute approximate surface area is 159 Å². The molecule has 0 atom stereocenters. The van der Waals surface area contributed by atoms with Crippen LogP contribution in [0.1, 0.15) is 16.7 Å². The SMILES string of the molecule is Cc1ccc(-n2ncc3c(=O)n(Cc4c(F)cccc4Cl)cnc32)c(C)c1. The molecular weight excluding hydrogens is 367 g/mol. The summed E-state index contributed by atoms with van der Waals surface area (Å²) in [5.41, 5.74) is 3.45. The van der Waals surface area contributed by atoms with Gasteiger partial charge in [0.2, 0.25) is 0 Å². The molecule has 2 heterocycles. The summed E-state index contributed by atoms with van der Waals surface area (Å²) < 4.78 is 17.0. The maximum atomic E-state index is 14.0. The Bertz CT molecular complexity index is 1210. The van der Waals surface area contributed by atoms with E-state index < -0.39 is 5.82 Å². The van der Waals surface area contributed by atoms with Crippen LogP contribution in [0.25, 0.3) is 16.7 Å². The van der Waals surface area contributed by atoms with Gasteiger partial charge in [-0.1, -0.05) is 35.4 Å². The van der Waals surface area contributed by atoms with Crippen LogP contribution in [-0.2, 0) is 6.54 Å². The second-order valence-corrected chi connectivity index (χ2v) is 6.87. The fourth-order valence-corrected chi connectivity index (χ4v) is 3.36. The van der Waals surface area contributed by atoms with Gasteiger partial charge in [-0.2, -0.15) is 5.10 Å². The fraction of sp³-hybridized carbons (Fsp3) is 0.150. The van der Waals surface area contributed by atoms with Crippen molar-refractivity contribution in [2.45, 2.75) is 20.4 Å². The smallest absolute Gasteiger partial charge is 0.264 e. The van der Waals surface area contributed by atoms with Gasteiger partial charge in [0.05, 0.1) is 18.4 Å². The molecule has 0 N–H and O–H groups in total. The van der Waals surface area contributed by atoms with Gasteiger partial charge >= 0.3 is 0 Å². The number of hydrogen-bond donors (Lipinski definition) is 0. The number of aryl methyl sites for hydroxylation is 2. The van der Waals surface area contributed by atoms with E-state index in [1.807, 2.05) is 32.0 Å². The monoisotopic (exact) mass is 382 g/mol. The minimum atomic E-state index is -0.458. The van der Waals surface area contributed by atoms with Crippen LogP contribution in [0.4, 0.5) is 4.39 Å². The van der Waals surface area contributed by atoms with E-state index in [0.29, 0.717) is 11.0 Å². The Hall–Kier alpha value is -2.99. The topological polar surface area (TPSA) is 52.7 Å². The van der Waals surface area contributed by atoms with E-state index in [-0.39, 0.29) is 22.7 Å². The Morgan fingerprint density at radius 3 is 2.74 bits per heavy atom. The van der Waals surface area contributed by atoms with Gasteiger partial charge in [-0.3, -0.25) is 9.36 Å². The van der Waals surface area contributed by atoms with Gasteiger partial charge in [0.25, 0.3) is 5.56 Å². The zero-order valence-corrected chi connectivity index (χ0v) is 15.5. The predicted octanol–water partition coefficient (Wildman–Crippen LogP) is 4.04. The second-order valence-electron chi connectivity index (χ2n) is 6.46. The normalized spacial score (nSPS) is 11.3. The van der Waals surface area contributed by atoms with Crippen LogP contribution in [0, 0.1) is 19.7 Å². The molecule has 7 heteroatoms. The number of aromatic nitrogens is 4. The van der Waals surface area contributed by atoms with E-state index in [1.54, 1.807) is 10.7 Å². The van der Waals surface area contributed by atoms with E-state index in [0.717, 1.165) is 16.8 Å². The zero-order valence-electron chi connectivity index (χ0n) is 14.8. The van der Waals surface area contributed by atoms with Crippen LogP contribution >= 0.6 is 11.6 Å². The van der Waals surface area contributed by atoms with Gasteiger partial charge in [0.15, 0.2) is 5.65 Å². The highest BCUT2D eigenvalue weighted by molar-refractivity contribution is 6.31. The van der Waals surface area contributed by atoms with Crippen LogP contribution in [0.3, 0.4) is 0 Å². The number of rotatable bonds is 3. The van der Waals surface area contributed by atoms with Crippen molar-refractivity contribution in [1.82, 2.24) is 19.3 Å². The van der Waals surface area contributed by atoms with Crippen molar-refractivity contribution < 1.29 is 4.39 Å². The first-order valence-electron chi connectivity index (χ1n) is 8.39. The number of fused-ring (bicyclic) bond motifs is 1. The predicted molar refractivity (Wildman–Crippen MR) is 103 cm³/mol. The highest BCUT2D eigenvalue weighted by Crippen LogP contribution is 2.21. The minimum absolute atomic E-state index is 0.00200. The first kappa shape index (κ1) is 17.4. The fourth-order valence-electron chi connectivity index (χ4n) is 3.13. The van der Waals surface area contributed by atoms with Crippen LogP contribution < -0.4 is 5.56 Å². The summed E-state index contributed by atoms with van der Waals surface area (Å²) in [7, 11) is 0. The summed E-state index contributed by atoms with van der Waals surface area (Å²) in [5, 5.41) is 4.98. The first-order chi connectivity index (χ1) is 13.0. The van der Waals surface area contributed by atoms with E-state index in [4.69, 9.17) is 11.6 Å². The van der Waals surface area contributed by atoms with Gasteiger partial charge in [-0.05, 0) is 37.6 Å². The van der Waals surface area contributed by atoms with E-state index in [9.17, 15) is 9.18 Å². The first-order valence-corrected chi connectivity index (χ1v) is 8.77. The molecule has 0 saturated heterocycles. The third-order valence-corrected chi connectivity index (χ3v) is 4.88. The molecule has 0 bridgehead atoms. The molecule has 0 aliphatic carbocycles. The number of benzene rings is 2. The molecule has 4 aromatic rings. The van der Waals surface area contributed by atoms with Gasteiger partial charge in [0, 0.05) is 10.6 Å². The van der Waals surface area contributed by atoms with Crippen LogP contribution in [0.2, 0.25) is 5.02 Å². The van der Waals surface area contributed by atoms with Crippen molar-refractivity contribution in [3.05, 3.63) is 86.8 Å². The lowest BCUT2D eigenvalue weighted by Gasteiger charge is -2.10. The lowest BCUT2D eigenvalue weighted by atomic mass is 10.1. The molecule has 136 valence electrons. The molecule has 0 fully saturated rings. The lowest BCUT2D eigenvalue weighted by Crippen LogP contribution is -2.21. The molecule has 4 rings (SSSR count). The molecule has 0 aliphatic heterocycles. The molecule has 0 spiro atoms. The highest BCUT2D eigenvalue weighted by atomic mass is 35.5. The quantitative estimate of drug-likeness (QED) is 0.537. The van der Waals surface area contributed by atoms with Crippen molar-refractivity contribution in [1.29, 1.82) is 0 Å². The maximum Gasteiger partial charge on any atom is 0.264 e. The van der Waals surface area contributed by atoms with Gasteiger partial charge < -0.3 is 0 Å². The Kier molecular flexibility index (Phi) is 4.28. The van der Waals surface area contributed by atoms with Crippen molar-refractivity contribution in [2.75, 3.05) is 0 Å². The number of halogens is 2. The third-order valence-electron chi connectivity index (χ3n) is 4.53. The van der Waals surface area contributed by atoms with Crippen LogP contribution in [0.5, 0.6) is 0 Å². The summed E-state index contributed by atoms with van der Waals surface area (Å²) in [6.45, 7) is 4.00. The standard InChI is InChI=1S/C20H16ClFN4O/c1-12-6-7-18(13(2)8-12)26-19-14(9-24-26)20(27)25(11-23-19)10-15-16(21)4-3-5-17(15)22/h3-9,11H,10H2,1-2H3. The van der Waals surface area contributed by atoms with Crippen LogP contribution in [-0.4, -0.2) is 19.3 Å². The summed E-state index contributed by atoms with van der Waals surface area (Å²) in [4.78, 5) is 17.2. The van der Waals surface area contributed by atoms with Crippen molar-refractivity contribution in [2.24, 2.45) is 0 Å². The Morgan fingerprint density at radius 1 is 1.19 bits per heavy atom. The molecule has 0 saturated carbocycles. The zero-order chi connectivity index (χ0) is 19.1. The molecule has 2 aromatic carbocycles. The van der Waals surface area contributed by atoms with Crippen LogP contribution in [0.15, 0.2) is 53.7 Å². The van der Waals surface area contributed by atoms with E-state index in [2.05, 4.69) is 10.1 Å². The summed E-state index contributed by atoms with van der Waals surface area (Å²) in [6.07, 6.45) is 2.89. The van der Waals surface area contributed by atoms with Gasteiger partial charge in [-0.15, -0.1) is 0 Å². The summed E-state index contributed by atoms with van der Waals surface area (Å²) in [5.74, 6) is -0.458. The molecular formula is C20H16ClFN4O. The Morgan fingerprint density at radius 2 is 2.00 bits per heavy atom. The minimum Gasteiger partial charge on any atom is -0.294 e. The largest absolute Gasteiger partial charge is 0.294 e. The van der Waals surface area contributed by atoms with Crippen molar-refractivity contribution >= 4 is 22.6 Å². The lowest BCUT2D eigenvalue weighted by molar-refractivity contribution is 0.595. The van der Waals surface area contributed by atoms with Gasteiger partial charge in [0.1, 0.15) is 17.5 Å². The number of nitrogens with zero attached hydrogens (tertiary/aromatic N) is 4. The maximum absolute atomic E-state index is 14.0. The average Bonchev–Trinajstić information content (AvgIpc) is 3.05. The molecule has 27 heavy (non-hydrogen) atoms. The van der Waals surface area contributed by atoms with Gasteiger partial charge in [-0.25, -0.2) is 14.1 Å². The molecule has 5 nitrogen and oxygen atoms in total. The van der Waals surface area contributed by atoms with E-state index >= 15 is 0 Å². The van der Waals surface area contributed by atoms with Crippen molar-refractivity contribution in [3.8, 4) is 5.69 Å². The summed E-state index contributed by atoms with van der Waals surface area (Å²) in [6, 6.07) is 10.4. The molecule has 0 amide bonds. The Balaban J connectivity index is 1.82. The summed E-state index contributed by atoms with van der Waals surface area (Å²) >= 11 is 6.07. The molecule has 2 aromatic heterocycles. The highest BCUT2D eigenvalue weighted by Gasteiger charge is 2.15. The van der Waals surface area contributed by atoms with E-state index in [1.165, 1.54) is 29.2 Å².